The van der Waals surface area contributed by atoms with Gasteiger partial charge >= 0.3 is 6.03 Å². The molecule has 0 radical (unpaired) electrons. The molecule has 0 aliphatic heterocycles. The van der Waals surface area contributed by atoms with Crippen LogP contribution in [0, 0.1) is 5.92 Å². The van der Waals surface area contributed by atoms with Gasteiger partial charge in [0.25, 0.3) is 0 Å². The molecule has 1 aliphatic carbocycles. The SMILES string of the molecule is CCCCNC(=O)NC1CCCC(C)CC1. The zero-order chi connectivity index (χ0) is 11.8. The van der Waals surface area contributed by atoms with E-state index < -0.39 is 0 Å². The lowest BCUT2D eigenvalue weighted by Gasteiger charge is -2.16. The van der Waals surface area contributed by atoms with E-state index in [1.807, 2.05) is 0 Å². The van der Waals surface area contributed by atoms with Crippen molar-refractivity contribution in [1.29, 1.82) is 0 Å². The van der Waals surface area contributed by atoms with Gasteiger partial charge in [-0.15, -0.1) is 0 Å². The van der Waals surface area contributed by atoms with Gasteiger partial charge in [0.15, 0.2) is 0 Å². The van der Waals surface area contributed by atoms with Crippen LogP contribution in [0.3, 0.4) is 0 Å². The minimum Gasteiger partial charge on any atom is -0.338 e. The van der Waals surface area contributed by atoms with Crippen molar-refractivity contribution < 1.29 is 4.79 Å². The number of urea groups is 1. The molecule has 0 bridgehead atoms. The van der Waals surface area contributed by atoms with E-state index in [1.165, 1.54) is 19.3 Å². The molecule has 2 N–H and O–H groups in total. The van der Waals surface area contributed by atoms with Crippen LogP contribution < -0.4 is 10.6 Å². The van der Waals surface area contributed by atoms with Crippen LogP contribution >= 0.6 is 0 Å². The van der Waals surface area contributed by atoms with Crippen molar-refractivity contribution in [3.8, 4) is 0 Å². The zero-order valence-electron chi connectivity index (χ0n) is 10.7. The monoisotopic (exact) mass is 226 g/mol. The minimum atomic E-state index is 0.0213. The molecule has 1 aliphatic rings. The van der Waals surface area contributed by atoms with Crippen LogP contribution in [0.2, 0.25) is 0 Å². The molecule has 3 nitrogen and oxygen atoms in total. The van der Waals surface area contributed by atoms with Gasteiger partial charge in [0, 0.05) is 12.6 Å². The summed E-state index contributed by atoms with van der Waals surface area (Å²) in [4.78, 5) is 11.6. The number of rotatable bonds is 4. The van der Waals surface area contributed by atoms with E-state index in [-0.39, 0.29) is 6.03 Å². The largest absolute Gasteiger partial charge is 0.338 e. The molecule has 0 saturated heterocycles. The van der Waals surface area contributed by atoms with Gasteiger partial charge in [-0.2, -0.15) is 0 Å². The molecule has 2 atom stereocenters. The molecule has 2 unspecified atom stereocenters. The predicted molar refractivity (Wildman–Crippen MR) is 67.5 cm³/mol. The molecule has 16 heavy (non-hydrogen) atoms. The third-order valence-electron chi connectivity index (χ3n) is 3.41. The number of amides is 2. The van der Waals surface area contributed by atoms with Gasteiger partial charge in [-0.3, -0.25) is 0 Å². The first-order valence-electron chi connectivity index (χ1n) is 6.76. The van der Waals surface area contributed by atoms with Crippen LogP contribution in [0.15, 0.2) is 0 Å². The number of unbranched alkanes of at least 4 members (excludes halogenated alkanes) is 1. The third kappa shape index (κ3) is 5.38. The maximum absolute atomic E-state index is 11.6. The summed E-state index contributed by atoms with van der Waals surface area (Å²) in [5.41, 5.74) is 0. The van der Waals surface area contributed by atoms with E-state index in [2.05, 4.69) is 24.5 Å². The number of hydrogen-bond donors (Lipinski definition) is 2. The van der Waals surface area contributed by atoms with Gasteiger partial charge in [0.2, 0.25) is 0 Å². The Balaban J connectivity index is 2.17. The first-order valence-corrected chi connectivity index (χ1v) is 6.76. The normalized spacial score (nSPS) is 25.9. The summed E-state index contributed by atoms with van der Waals surface area (Å²) in [6.07, 6.45) is 8.29. The Morgan fingerprint density at radius 2 is 2.06 bits per heavy atom. The fourth-order valence-corrected chi connectivity index (χ4v) is 2.25. The Morgan fingerprint density at radius 1 is 1.25 bits per heavy atom. The molecule has 1 saturated carbocycles. The van der Waals surface area contributed by atoms with Crippen molar-refractivity contribution in [1.82, 2.24) is 10.6 Å². The standard InChI is InChI=1S/C13H26N2O/c1-3-4-10-14-13(16)15-12-7-5-6-11(2)8-9-12/h11-12H,3-10H2,1-2H3,(H2,14,15,16). The topological polar surface area (TPSA) is 41.1 Å². The second-order valence-corrected chi connectivity index (χ2v) is 5.06. The van der Waals surface area contributed by atoms with E-state index in [9.17, 15) is 4.79 Å². The number of nitrogens with one attached hydrogen (secondary N) is 2. The smallest absolute Gasteiger partial charge is 0.315 e. The van der Waals surface area contributed by atoms with Crippen molar-refractivity contribution in [3.05, 3.63) is 0 Å². The molecule has 94 valence electrons. The summed E-state index contributed by atoms with van der Waals surface area (Å²) in [5, 5.41) is 6.00. The van der Waals surface area contributed by atoms with E-state index in [0.29, 0.717) is 6.04 Å². The fourth-order valence-electron chi connectivity index (χ4n) is 2.25. The average molecular weight is 226 g/mol. The molecule has 1 fully saturated rings. The van der Waals surface area contributed by atoms with Crippen molar-refractivity contribution in [3.63, 3.8) is 0 Å². The van der Waals surface area contributed by atoms with E-state index in [4.69, 9.17) is 0 Å². The zero-order valence-corrected chi connectivity index (χ0v) is 10.7. The van der Waals surface area contributed by atoms with Gasteiger partial charge in [-0.25, -0.2) is 4.79 Å². The number of carbonyl (C=O) groups is 1. The third-order valence-corrected chi connectivity index (χ3v) is 3.41. The van der Waals surface area contributed by atoms with E-state index in [0.717, 1.165) is 38.1 Å². The first-order chi connectivity index (χ1) is 7.72. The maximum Gasteiger partial charge on any atom is 0.315 e. The Kier molecular flexibility index (Phi) is 6.27. The Hall–Kier alpha value is -0.730. The maximum atomic E-state index is 11.6. The Labute approximate surface area is 99.4 Å². The molecule has 0 spiro atoms. The molecule has 0 aromatic heterocycles. The lowest BCUT2D eigenvalue weighted by molar-refractivity contribution is 0.235. The van der Waals surface area contributed by atoms with Crippen molar-refractivity contribution in [2.45, 2.75) is 64.8 Å². The molecule has 0 aromatic carbocycles. The highest BCUT2D eigenvalue weighted by Gasteiger charge is 2.17. The van der Waals surface area contributed by atoms with Crippen molar-refractivity contribution in [2.75, 3.05) is 6.54 Å². The molecule has 1 rings (SSSR count). The first kappa shape index (κ1) is 13.3. The van der Waals surface area contributed by atoms with Crippen molar-refractivity contribution in [2.24, 2.45) is 5.92 Å². The van der Waals surface area contributed by atoms with Crippen LogP contribution in [-0.4, -0.2) is 18.6 Å². The molecular formula is C13H26N2O. The van der Waals surface area contributed by atoms with E-state index in [1.54, 1.807) is 0 Å². The summed E-state index contributed by atoms with van der Waals surface area (Å²) < 4.78 is 0. The molecule has 0 aromatic rings. The second-order valence-electron chi connectivity index (χ2n) is 5.06. The molecule has 0 heterocycles. The molecule has 2 amide bonds. The lowest BCUT2D eigenvalue weighted by atomic mass is 10.0. The summed E-state index contributed by atoms with van der Waals surface area (Å²) in [6, 6.07) is 0.416. The van der Waals surface area contributed by atoms with Crippen molar-refractivity contribution >= 4 is 6.03 Å². The minimum absolute atomic E-state index is 0.0213. The lowest BCUT2D eigenvalue weighted by Crippen LogP contribution is -2.42. The van der Waals surface area contributed by atoms with Gasteiger partial charge in [-0.05, 0) is 31.6 Å². The van der Waals surface area contributed by atoms with E-state index >= 15 is 0 Å². The highest BCUT2D eigenvalue weighted by molar-refractivity contribution is 5.74. The van der Waals surface area contributed by atoms with Crippen LogP contribution in [0.4, 0.5) is 4.79 Å². The number of carbonyl (C=O) groups excluding carboxylic acids is 1. The molecule has 3 heteroatoms. The Morgan fingerprint density at radius 3 is 2.81 bits per heavy atom. The van der Waals surface area contributed by atoms with Crippen LogP contribution in [0.5, 0.6) is 0 Å². The number of hydrogen-bond acceptors (Lipinski definition) is 1. The fraction of sp³-hybridized carbons (Fsp3) is 0.923. The van der Waals surface area contributed by atoms with Gasteiger partial charge in [0.1, 0.15) is 0 Å². The summed E-state index contributed by atoms with van der Waals surface area (Å²) in [7, 11) is 0. The quantitative estimate of drug-likeness (QED) is 0.561. The summed E-state index contributed by atoms with van der Waals surface area (Å²) in [6.45, 7) is 5.24. The average Bonchev–Trinajstić information content (AvgIpc) is 2.44. The van der Waals surface area contributed by atoms with Gasteiger partial charge < -0.3 is 10.6 Å². The summed E-state index contributed by atoms with van der Waals surface area (Å²) in [5.74, 6) is 0.829. The van der Waals surface area contributed by atoms with Crippen LogP contribution in [-0.2, 0) is 0 Å². The van der Waals surface area contributed by atoms with Crippen LogP contribution in [0.1, 0.15) is 58.8 Å². The summed E-state index contributed by atoms with van der Waals surface area (Å²) >= 11 is 0. The van der Waals surface area contributed by atoms with Crippen LogP contribution in [0.25, 0.3) is 0 Å². The van der Waals surface area contributed by atoms with Gasteiger partial charge in [0.05, 0.1) is 0 Å². The highest BCUT2D eigenvalue weighted by atomic mass is 16.2. The predicted octanol–water partition coefficient (Wildman–Crippen LogP) is 3.05. The van der Waals surface area contributed by atoms with Gasteiger partial charge in [-0.1, -0.05) is 33.1 Å². The highest BCUT2D eigenvalue weighted by Crippen LogP contribution is 2.22. The molecular weight excluding hydrogens is 200 g/mol. The Bertz CT molecular complexity index is 206. The second kappa shape index (κ2) is 7.53.